The lowest BCUT2D eigenvalue weighted by molar-refractivity contribution is 0.167. The molecule has 1 aromatic heterocycles. The molecule has 0 saturated carbocycles. The minimum atomic E-state index is -0.369. The Kier molecular flexibility index (Phi) is 2.24. The molecule has 0 aromatic carbocycles. The summed E-state index contributed by atoms with van der Waals surface area (Å²) in [6.07, 6.45) is 1.31. The molecule has 0 saturated heterocycles. The number of nitrogens with zero attached hydrogens (tertiary/aromatic N) is 3. The van der Waals surface area contributed by atoms with Gasteiger partial charge in [-0.05, 0) is 6.92 Å². The van der Waals surface area contributed by atoms with E-state index in [0.29, 0.717) is 0 Å². The second-order valence-corrected chi connectivity index (χ2v) is 2.79. The van der Waals surface area contributed by atoms with Crippen molar-refractivity contribution in [2.75, 3.05) is 0 Å². The number of aliphatic hydroxyl groups excluding tert-OH is 1. The Morgan fingerprint density at radius 2 is 2.18 bits per heavy atom. The Hall–Kier alpha value is -0.900. The Balaban J connectivity index is 2.76. The van der Waals surface area contributed by atoms with Crippen molar-refractivity contribution in [1.82, 2.24) is 15.0 Å². The van der Waals surface area contributed by atoms with Gasteiger partial charge in [-0.25, -0.2) is 0 Å². The van der Waals surface area contributed by atoms with Gasteiger partial charge in [0.25, 0.3) is 0 Å². The van der Waals surface area contributed by atoms with E-state index in [9.17, 15) is 5.11 Å². The average Bonchev–Trinajstić information content (AvgIpc) is 2.34. The largest absolute Gasteiger partial charge is 0.393 e. The van der Waals surface area contributed by atoms with E-state index in [1.165, 1.54) is 4.80 Å². The van der Waals surface area contributed by atoms with E-state index in [0.717, 1.165) is 5.69 Å². The van der Waals surface area contributed by atoms with E-state index in [1.807, 2.05) is 6.92 Å². The molecule has 0 amide bonds. The predicted octanol–water partition coefficient (Wildman–Crippen LogP) is 0.299. The number of hydrogen-bond acceptors (Lipinski definition) is 3. The zero-order valence-corrected chi connectivity index (χ0v) is 7.02. The molecule has 1 heterocycles. The highest BCUT2D eigenvalue weighted by molar-refractivity contribution is 5.01. The smallest absolute Gasteiger partial charge is 0.0880 e. The van der Waals surface area contributed by atoms with E-state index in [4.69, 9.17) is 0 Å². The fraction of sp³-hybridized carbons (Fsp3) is 0.714. The van der Waals surface area contributed by atoms with Gasteiger partial charge in [0.2, 0.25) is 0 Å². The van der Waals surface area contributed by atoms with Crippen molar-refractivity contribution in [3.05, 3.63) is 11.9 Å². The van der Waals surface area contributed by atoms with Crippen LogP contribution < -0.4 is 0 Å². The van der Waals surface area contributed by atoms with Gasteiger partial charge in [-0.1, -0.05) is 6.92 Å². The molecule has 0 bridgehead atoms. The molecular formula is C7H13N3O. The maximum atomic E-state index is 9.21. The number of aryl methyl sites for hydroxylation is 1. The summed E-state index contributed by atoms with van der Waals surface area (Å²) in [6, 6.07) is 0. The molecule has 1 N–H and O–H groups in total. The summed E-state index contributed by atoms with van der Waals surface area (Å²) in [5.41, 5.74) is 0.836. The maximum absolute atomic E-state index is 9.21. The highest BCUT2D eigenvalue weighted by Crippen LogP contribution is 2.14. The molecule has 2 atom stereocenters. The van der Waals surface area contributed by atoms with Gasteiger partial charge in [0.05, 0.1) is 18.0 Å². The van der Waals surface area contributed by atoms with Crippen LogP contribution in [0.4, 0.5) is 0 Å². The van der Waals surface area contributed by atoms with Crippen molar-refractivity contribution in [2.24, 2.45) is 7.05 Å². The van der Waals surface area contributed by atoms with Crippen LogP contribution in [0.1, 0.15) is 25.5 Å². The number of aliphatic hydroxyl groups is 1. The van der Waals surface area contributed by atoms with Gasteiger partial charge in [0.1, 0.15) is 0 Å². The second kappa shape index (κ2) is 3.00. The first-order valence-corrected chi connectivity index (χ1v) is 3.65. The van der Waals surface area contributed by atoms with Gasteiger partial charge in [0.15, 0.2) is 0 Å². The van der Waals surface area contributed by atoms with Crippen LogP contribution in [0, 0.1) is 0 Å². The lowest BCUT2D eigenvalue weighted by atomic mass is 10.0. The van der Waals surface area contributed by atoms with E-state index >= 15 is 0 Å². The molecule has 1 rings (SSSR count). The molecule has 1 aromatic rings. The maximum Gasteiger partial charge on any atom is 0.0880 e. The molecule has 4 heteroatoms. The van der Waals surface area contributed by atoms with Crippen LogP contribution in [-0.4, -0.2) is 26.2 Å². The first-order chi connectivity index (χ1) is 5.11. The van der Waals surface area contributed by atoms with Gasteiger partial charge in [-0.15, -0.1) is 0 Å². The highest BCUT2D eigenvalue weighted by atomic mass is 16.3. The molecule has 0 spiro atoms. The molecule has 11 heavy (non-hydrogen) atoms. The first kappa shape index (κ1) is 8.20. The number of rotatable bonds is 2. The molecule has 0 fully saturated rings. The SMILES string of the molecule is CC(O)C(C)c1cnn(C)n1. The van der Waals surface area contributed by atoms with Crippen molar-refractivity contribution in [3.8, 4) is 0 Å². The minimum Gasteiger partial charge on any atom is -0.393 e. The Morgan fingerprint density at radius 3 is 2.55 bits per heavy atom. The molecule has 62 valence electrons. The lowest BCUT2D eigenvalue weighted by Crippen LogP contribution is -2.11. The third kappa shape index (κ3) is 1.77. The molecular weight excluding hydrogens is 142 g/mol. The summed E-state index contributed by atoms with van der Waals surface area (Å²) in [4.78, 5) is 1.49. The van der Waals surface area contributed by atoms with Gasteiger partial charge >= 0.3 is 0 Å². The van der Waals surface area contributed by atoms with E-state index < -0.39 is 0 Å². The standard InChI is InChI=1S/C7H13N3O/c1-5(6(2)11)7-4-8-10(3)9-7/h4-6,11H,1-3H3. The average molecular weight is 155 g/mol. The Morgan fingerprint density at radius 1 is 1.55 bits per heavy atom. The first-order valence-electron chi connectivity index (χ1n) is 3.65. The van der Waals surface area contributed by atoms with Gasteiger partial charge in [-0.3, -0.25) is 0 Å². The molecule has 0 aliphatic heterocycles. The van der Waals surface area contributed by atoms with E-state index in [1.54, 1.807) is 20.2 Å². The summed E-state index contributed by atoms with van der Waals surface area (Å²) in [7, 11) is 1.76. The monoisotopic (exact) mass is 155 g/mol. The second-order valence-electron chi connectivity index (χ2n) is 2.79. The van der Waals surface area contributed by atoms with Crippen LogP contribution in [-0.2, 0) is 7.05 Å². The van der Waals surface area contributed by atoms with E-state index in [2.05, 4.69) is 10.2 Å². The zero-order valence-electron chi connectivity index (χ0n) is 7.02. The zero-order chi connectivity index (χ0) is 8.43. The topological polar surface area (TPSA) is 50.9 Å². The molecule has 0 aliphatic carbocycles. The van der Waals surface area contributed by atoms with Crippen molar-refractivity contribution in [3.63, 3.8) is 0 Å². The van der Waals surface area contributed by atoms with Crippen molar-refractivity contribution in [1.29, 1.82) is 0 Å². The summed E-state index contributed by atoms with van der Waals surface area (Å²) in [6.45, 7) is 3.67. The van der Waals surface area contributed by atoms with E-state index in [-0.39, 0.29) is 12.0 Å². The highest BCUT2D eigenvalue weighted by Gasteiger charge is 2.13. The Bertz CT molecular complexity index is 231. The van der Waals surface area contributed by atoms with Crippen molar-refractivity contribution >= 4 is 0 Å². The summed E-state index contributed by atoms with van der Waals surface area (Å²) < 4.78 is 0. The van der Waals surface area contributed by atoms with Crippen LogP contribution in [0.2, 0.25) is 0 Å². The number of hydrogen-bond donors (Lipinski definition) is 1. The fourth-order valence-corrected chi connectivity index (χ4v) is 0.817. The quantitative estimate of drug-likeness (QED) is 0.668. The predicted molar refractivity (Wildman–Crippen MR) is 41.1 cm³/mol. The third-order valence-corrected chi connectivity index (χ3v) is 1.81. The third-order valence-electron chi connectivity index (χ3n) is 1.81. The van der Waals surface area contributed by atoms with Crippen molar-refractivity contribution < 1.29 is 5.11 Å². The molecule has 0 radical (unpaired) electrons. The van der Waals surface area contributed by atoms with Crippen LogP contribution in [0.25, 0.3) is 0 Å². The van der Waals surface area contributed by atoms with Gasteiger partial charge in [-0.2, -0.15) is 15.0 Å². The lowest BCUT2D eigenvalue weighted by Gasteiger charge is -2.09. The van der Waals surface area contributed by atoms with Crippen LogP contribution in [0.3, 0.4) is 0 Å². The van der Waals surface area contributed by atoms with Gasteiger partial charge < -0.3 is 5.11 Å². The molecule has 0 aliphatic rings. The number of aromatic nitrogens is 3. The van der Waals surface area contributed by atoms with Crippen LogP contribution >= 0.6 is 0 Å². The molecule has 2 unspecified atom stereocenters. The van der Waals surface area contributed by atoms with Crippen molar-refractivity contribution in [2.45, 2.75) is 25.9 Å². The fourth-order valence-electron chi connectivity index (χ4n) is 0.817. The minimum absolute atomic E-state index is 0.0590. The van der Waals surface area contributed by atoms with Crippen LogP contribution in [0.15, 0.2) is 6.20 Å². The molecule has 4 nitrogen and oxygen atoms in total. The summed E-state index contributed by atoms with van der Waals surface area (Å²) >= 11 is 0. The Labute approximate surface area is 65.8 Å². The van der Waals surface area contributed by atoms with Crippen LogP contribution in [0.5, 0.6) is 0 Å². The summed E-state index contributed by atoms with van der Waals surface area (Å²) in [5.74, 6) is 0.0590. The van der Waals surface area contributed by atoms with Gasteiger partial charge in [0, 0.05) is 13.0 Å². The summed E-state index contributed by atoms with van der Waals surface area (Å²) in [5, 5.41) is 17.2. The normalized spacial score (nSPS) is 16.4.